The molecule has 4 heteroatoms. The van der Waals surface area contributed by atoms with Crippen LogP contribution in [0.25, 0.3) is 0 Å². The van der Waals surface area contributed by atoms with Gasteiger partial charge in [-0.3, -0.25) is 4.79 Å². The molecule has 0 aromatic heterocycles. The van der Waals surface area contributed by atoms with Gasteiger partial charge in [0.15, 0.2) is 0 Å². The number of hydrogen-bond donors (Lipinski definition) is 1. The predicted octanol–water partition coefficient (Wildman–Crippen LogP) is 2.75. The van der Waals surface area contributed by atoms with Gasteiger partial charge in [-0.15, -0.1) is 11.8 Å². The van der Waals surface area contributed by atoms with E-state index in [-0.39, 0.29) is 22.6 Å². The molecular formula is C16H24N2OS. The Morgan fingerprint density at radius 3 is 2.65 bits per heavy atom. The molecule has 1 aliphatic heterocycles. The highest BCUT2D eigenvalue weighted by Gasteiger charge is 2.36. The van der Waals surface area contributed by atoms with Crippen LogP contribution < -0.4 is 5.73 Å². The van der Waals surface area contributed by atoms with Crippen molar-refractivity contribution in [1.82, 2.24) is 4.90 Å². The van der Waals surface area contributed by atoms with Gasteiger partial charge in [0.2, 0.25) is 5.91 Å². The third kappa shape index (κ3) is 3.55. The largest absolute Gasteiger partial charge is 0.341 e. The van der Waals surface area contributed by atoms with Gasteiger partial charge in [-0.1, -0.05) is 32.0 Å². The summed E-state index contributed by atoms with van der Waals surface area (Å²) in [7, 11) is 0. The summed E-state index contributed by atoms with van der Waals surface area (Å²) in [5.41, 5.74) is 6.14. The lowest BCUT2D eigenvalue weighted by Crippen LogP contribution is -2.55. The summed E-state index contributed by atoms with van der Waals surface area (Å²) in [5.74, 6) is 0.221. The van der Waals surface area contributed by atoms with E-state index in [2.05, 4.69) is 13.8 Å². The Morgan fingerprint density at radius 1 is 1.40 bits per heavy atom. The zero-order chi connectivity index (χ0) is 14.8. The highest BCUT2D eigenvalue weighted by atomic mass is 32.2. The van der Waals surface area contributed by atoms with Gasteiger partial charge in [0.25, 0.3) is 0 Å². The Hall–Kier alpha value is -1.00. The van der Waals surface area contributed by atoms with E-state index in [9.17, 15) is 4.79 Å². The number of benzene rings is 1. The van der Waals surface area contributed by atoms with Crippen LogP contribution in [0.15, 0.2) is 35.2 Å². The van der Waals surface area contributed by atoms with Crippen molar-refractivity contribution >= 4 is 17.7 Å². The summed E-state index contributed by atoms with van der Waals surface area (Å²) in [6.45, 7) is 7.82. The summed E-state index contributed by atoms with van der Waals surface area (Å²) >= 11 is 1.62. The number of thioether (sulfide) groups is 1. The van der Waals surface area contributed by atoms with Gasteiger partial charge >= 0.3 is 0 Å². The number of nitrogens with two attached hydrogens (primary N) is 1. The van der Waals surface area contributed by atoms with Gasteiger partial charge in [-0.2, -0.15) is 0 Å². The molecule has 2 N–H and O–H groups in total. The molecule has 1 aliphatic rings. The number of amides is 1. The van der Waals surface area contributed by atoms with Crippen LogP contribution in [-0.4, -0.2) is 35.2 Å². The molecule has 0 bridgehead atoms. The number of carbonyl (C=O) groups excluding carboxylic acids is 1. The van der Waals surface area contributed by atoms with Crippen LogP contribution in [0, 0.1) is 5.41 Å². The van der Waals surface area contributed by atoms with Crippen LogP contribution in [0.5, 0.6) is 0 Å². The predicted molar refractivity (Wildman–Crippen MR) is 84.7 cm³/mol. The van der Waals surface area contributed by atoms with Crippen LogP contribution in [0.2, 0.25) is 0 Å². The second-order valence-electron chi connectivity index (χ2n) is 6.22. The van der Waals surface area contributed by atoms with Gasteiger partial charge in [-0.25, -0.2) is 0 Å². The Labute approximate surface area is 125 Å². The molecule has 0 radical (unpaired) electrons. The van der Waals surface area contributed by atoms with Gasteiger partial charge in [0.1, 0.15) is 0 Å². The third-order valence-corrected chi connectivity index (χ3v) is 5.13. The first-order valence-electron chi connectivity index (χ1n) is 7.16. The SMILES string of the molecule is CC(Sc1ccccc1)C(=O)N1CCC(N)C(C)(C)C1. The number of rotatable bonds is 3. The molecule has 20 heavy (non-hydrogen) atoms. The Bertz CT molecular complexity index is 461. The van der Waals surface area contributed by atoms with Crippen LogP contribution in [0.3, 0.4) is 0 Å². The maximum atomic E-state index is 12.6. The molecule has 2 unspecified atom stereocenters. The molecule has 0 aliphatic carbocycles. The molecule has 1 saturated heterocycles. The van der Waals surface area contributed by atoms with E-state index in [1.165, 1.54) is 0 Å². The second-order valence-corrected chi connectivity index (χ2v) is 7.63. The van der Waals surface area contributed by atoms with Gasteiger partial charge in [0.05, 0.1) is 5.25 Å². The molecule has 2 rings (SSSR count). The maximum Gasteiger partial charge on any atom is 0.235 e. The summed E-state index contributed by atoms with van der Waals surface area (Å²) in [6.07, 6.45) is 0.890. The average molecular weight is 292 g/mol. The summed E-state index contributed by atoms with van der Waals surface area (Å²) in [5, 5.41) is -0.0532. The molecule has 1 aromatic rings. The van der Waals surface area contributed by atoms with E-state index in [0.29, 0.717) is 0 Å². The van der Waals surface area contributed by atoms with E-state index < -0.39 is 0 Å². The first kappa shape index (κ1) is 15.4. The van der Waals surface area contributed by atoms with E-state index >= 15 is 0 Å². The Kier molecular flexibility index (Phi) is 4.76. The standard InChI is InChI=1S/C16H24N2OS/c1-12(20-13-7-5-4-6-8-13)15(19)18-10-9-14(17)16(2,3)11-18/h4-8,12,14H,9-11,17H2,1-3H3. The molecule has 0 saturated carbocycles. The van der Waals surface area contributed by atoms with Gasteiger partial charge < -0.3 is 10.6 Å². The van der Waals surface area contributed by atoms with Crippen molar-refractivity contribution in [2.75, 3.05) is 13.1 Å². The molecular weight excluding hydrogens is 268 g/mol. The molecule has 1 aromatic carbocycles. The molecule has 110 valence electrons. The highest BCUT2D eigenvalue weighted by Crippen LogP contribution is 2.30. The first-order valence-corrected chi connectivity index (χ1v) is 8.04. The summed E-state index contributed by atoms with van der Waals surface area (Å²) in [6, 6.07) is 10.3. The third-order valence-electron chi connectivity index (χ3n) is 4.03. The molecule has 1 heterocycles. The van der Waals surface area contributed by atoms with Crippen molar-refractivity contribution in [1.29, 1.82) is 0 Å². The van der Waals surface area contributed by atoms with Crippen molar-refractivity contribution in [2.45, 2.75) is 43.4 Å². The molecule has 2 atom stereocenters. The van der Waals surface area contributed by atoms with Crippen LogP contribution in [-0.2, 0) is 4.79 Å². The summed E-state index contributed by atoms with van der Waals surface area (Å²) in [4.78, 5) is 15.7. The van der Waals surface area contributed by atoms with Crippen molar-refractivity contribution in [2.24, 2.45) is 11.1 Å². The highest BCUT2D eigenvalue weighted by molar-refractivity contribution is 8.00. The first-order chi connectivity index (χ1) is 9.40. The molecule has 3 nitrogen and oxygen atoms in total. The molecule has 0 spiro atoms. The van der Waals surface area contributed by atoms with E-state index in [1.54, 1.807) is 11.8 Å². The maximum absolute atomic E-state index is 12.6. The smallest absolute Gasteiger partial charge is 0.235 e. The number of hydrogen-bond acceptors (Lipinski definition) is 3. The molecule has 1 fully saturated rings. The van der Waals surface area contributed by atoms with Crippen molar-refractivity contribution in [3.63, 3.8) is 0 Å². The lowest BCUT2D eigenvalue weighted by atomic mass is 9.79. The van der Waals surface area contributed by atoms with E-state index in [1.807, 2.05) is 42.2 Å². The van der Waals surface area contributed by atoms with E-state index in [4.69, 9.17) is 5.73 Å². The number of likely N-dealkylation sites (tertiary alicyclic amines) is 1. The topological polar surface area (TPSA) is 46.3 Å². The lowest BCUT2D eigenvalue weighted by molar-refractivity contribution is -0.133. The van der Waals surface area contributed by atoms with Crippen LogP contribution in [0.1, 0.15) is 27.2 Å². The van der Waals surface area contributed by atoms with Crippen LogP contribution in [0.4, 0.5) is 0 Å². The zero-order valence-corrected chi connectivity index (χ0v) is 13.3. The average Bonchev–Trinajstić information content (AvgIpc) is 2.42. The van der Waals surface area contributed by atoms with Crippen LogP contribution >= 0.6 is 11.8 Å². The minimum atomic E-state index is -0.0532. The minimum absolute atomic E-state index is 0.00500. The quantitative estimate of drug-likeness (QED) is 0.871. The van der Waals surface area contributed by atoms with Crippen molar-refractivity contribution in [3.8, 4) is 0 Å². The lowest BCUT2D eigenvalue weighted by Gasteiger charge is -2.43. The monoisotopic (exact) mass is 292 g/mol. The fraction of sp³-hybridized carbons (Fsp3) is 0.562. The number of carbonyl (C=O) groups is 1. The Morgan fingerprint density at radius 2 is 2.05 bits per heavy atom. The number of nitrogens with zero attached hydrogens (tertiary/aromatic N) is 1. The van der Waals surface area contributed by atoms with Crippen molar-refractivity contribution in [3.05, 3.63) is 30.3 Å². The Balaban J connectivity index is 1.97. The van der Waals surface area contributed by atoms with E-state index in [0.717, 1.165) is 24.4 Å². The normalized spacial score (nSPS) is 23.4. The fourth-order valence-corrected chi connectivity index (χ4v) is 3.55. The van der Waals surface area contributed by atoms with Gasteiger partial charge in [0, 0.05) is 24.0 Å². The van der Waals surface area contributed by atoms with Crippen molar-refractivity contribution < 1.29 is 4.79 Å². The molecule has 1 amide bonds. The second kappa shape index (κ2) is 6.19. The van der Waals surface area contributed by atoms with Gasteiger partial charge in [-0.05, 0) is 30.9 Å². The fourth-order valence-electron chi connectivity index (χ4n) is 2.57. The zero-order valence-electron chi connectivity index (χ0n) is 12.5. The summed E-state index contributed by atoms with van der Waals surface area (Å²) < 4.78 is 0. The number of piperidine rings is 1. The minimum Gasteiger partial charge on any atom is -0.341 e.